The zero-order valence-corrected chi connectivity index (χ0v) is 16.6. The molecule has 8 heteroatoms. The molecular weight excluding hydrogens is 404 g/mol. The fourth-order valence-electron chi connectivity index (χ4n) is 2.64. The van der Waals surface area contributed by atoms with Gasteiger partial charge in [0.05, 0.1) is 5.75 Å². The molecule has 1 aromatic heterocycles. The van der Waals surface area contributed by atoms with Crippen molar-refractivity contribution in [1.82, 2.24) is 19.7 Å². The monoisotopic (exact) mass is 424 g/mol. The molecular formula is C17H21BrN4O2S. The highest BCUT2D eigenvalue weighted by atomic mass is 79.9. The zero-order valence-electron chi connectivity index (χ0n) is 14.2. The Balaban J connectivity index is 1.51. The van der Waals surface area contributed by atoms with Gasteiger partial charge >= 0.3 is 0 Å². The topological polar surface area (TPSA) is 60.2 Å². The Hall–Kier alpha value is -1.54. The van der Waals surface area contributed by atoms with E-state index in [9.17, 15) is 4.79 Å². The molecule has 0 radical (unpaired) electrons. The average molecular weight is 425 g/mol. The summed E-state index contributed by atoms with van der Waals surface area (Å²) in [6.45, 7) is 2.10. The molecule has 25 heavy (non-hydrogen) atoms. The number of thioether (sulfide) groups is 1. The van der Waals surface area contributed by atoms with Crippen molar-refractivity contribution in [2.75, 3.05) is 18.8 Å². The van der Waals surface area contributed by atoms with Crippen molar-refractivity contribution in [1.29, 1.82) is 0 Å². The van der Waals surface area contributed by atoms with Crippen LogP contribution >= 0.6 is 27.7 Å². The lowest BCUT2D eigenvalue weighted by Crippen LogP contribution is -2.36. The lowest BCUT2D eigenvalue weighted by molar-refractivity contribution is -0.129. The summed E-state index contributed by atoms with van der Waals surface area (Å²) < 4.78 is 8.63. The van der Waals surface area contributed by atoms with Crippen molar-refractivity contribution in [3.8, 4) is 5.75 Å². The smallest absolute Gasteiger partial charge is 0.233 e. The molecule has 1 amide bonds. The molecule has 1 aliphatic heterocycles. The molecule has 0 unspecified atom stereocenters. The molecule has 0 spiro atoms. The number of aromatic nitrogens is 3. The fourth-order valence-corrected chi connectivity index (χ4v) is 3.73. The first-order valence-electron chi connectivity index (χ1n) is 8.30. The van der Waals surface area contributed by atoms with E-state index in [4.69, 9.17) is 4.74 Å². The second-order valence-electron chi connectivity index (χ2n) is 5.93. The predicted molar refractivity (Wildman–Crippen MR) is 101 cm³/mol. The number of nitrogens with zero attached hydrogens (tertiary/aromatic N) is 4. The van der Waals surface area contributed by atoms with Crippen LogP contribution in [0.3, 0.4) is 0 Å². The molecule has 1 aromatic carbocycles. The maximum atomic E-state index is 12.2. The molecule has 0 bridgehead atoms. The normalized spacial score (nSPS) is 14.6. The van der Waals surface area contributed by atoms with Gasteiger partial charge in [0.2, 0.25) is 5.91 Å². The van der Waals surface area contributed by atoms with Gasteiger partial charge in [0.1, 0.15) is 12.4 Å². The highest BCUT2D eigenvalue weighted by Crippen LogP contribution is 2.20. The number of carbonyl (C=O) groups is 1. The summed E-state index contributed by atoms with van der Waals surface area (Å²) in [5.41, 5.74) is 0. The second-order valence-corrected chi connectivity index (χ2v) is 7.79. The summed E-state index contributed by atoms with van der Waals surface area (Å²) in [5, 5.41) is 9.08. The number of rotatable bonds is 6. The summed E-state index contributed by atoms with van der Waals surface area (Å²) in [4.78, 5) is 14.2. The van der Waals surface area contributed by atoms with Crippen LogP contribution in [0.15, 0.2) is 33.9 Å². The van der Waals surface area contributed by atoms with Crippen LogP contribution in [0.25, 0.3) is 0 Å². The van der Waals surface area contributed by atoms with Gasteiger partial charge < -0.3 is 14.2 Å². The minimum atomic E-state index is 0.181. The number of ether oxygens (including phenoxy) is 1. The lowest BCUT2D eigenvalue weighted by Gasteiger charge is -2.26. The largest absolute Gasteiger partial charge is 0.486 e. The van der Waals surface area contributed by atoms with E-state index >= 15 is 0 Å². The number of piperidine rings is 1. The molecule has 0 aliphatic carbocycles. The molecule has 2 heterocycles. The lowest BCUT2D eigenvalue weighted by atomic mass is 10.1. The van der Waals surface area contributed by atoms with Gasteiger partial charge in [-0.25, -0.2) is 0 Å². The van der Waals surface area contributed by atoms with Crippen molar-refractivity contribution < 1.29 is 9.53 Å². The molecule has 2 aromatic rings. The molecule has 0 atom stereocenters. The number of amides is 1. The quantitative estimate of drug-likeness (QED) is 0.665. The number of hydrogen-bond donors (Lipinski definition) is 0. The van der Waals surface area contributed by atoms with Gasteiger partial charge in [0, 0.05) is 24.6 Å². The van der Waals surface area contributed by atoms with Gasteiger partial charge in [-0.2, -0.15) is 0 Å². The highest BCUT2D eigenvalue weighted by molar-refractivity contribution is 9.10. The maximum absolute atomic E-state index is 12.2. The molecule has 1 aliphatic rings. The van der Waals surface area contributed by atoms with Crippen LogP contribution < -0.4 is 4.74 Å². The number of carbonyl (C=O) groups excluding carboxylic acids is 1. The summed E-state index contributed by atoms with van der Waals surface area (Å²) in [7, 11) is 1.90. The van der Waals surface area contributed by atoms with E-state index in [0.29, 0.717) is 12.4 Å². The highest BCUT2D eigenvalue weighted by Gasteiger charge is 2.18. The van der Waals surface area contributed by atoms with Gasteiger partial charge in [-0.05, 0) is 43.5 Å². The Bertz CT molecular complexity index is 714. The Morgan fingerprint density at radius 2 is 1.92 bits per heavy atom. The summed E-state index contributed by atoms with van der Waals surface area (Å²) in [6, 6.07) is 7.65. The maximum Gasteiger partial charge on any atom is 0.233 e. The van der Waals surface area contributed by atoms with Crippen LogP contribution in [-0.2, 0) is 18.4 Å². The minimum absolute atomic E-state index is 0.181. The Morgan fingerprint density at radius 1 is 1.20 bits per heavy atom. The van der Waals surface area contributed by atoms with Crippen LogP contribution in [0.1, 0.15) is 25.1 Å². The number of hydrogen-bond acceptors (Lipinski definition) is 5. The molecule has 0 N–H and O–H groups in total. The van der Waals surface area contributed by atoms with Gasteiger partial charge in [-0.15, -0.1) is 10.2 Å². The van der Waals surface area contributed by atoms with E-state index in [1.165, 1.54) is 18.2 Å². The third-order valence-corrected chi connectivity index (χ3v) is 5.67. The van der Waals surface area contributed by atoms with E-state index in [1.807, 2.05) is 40.8 Å². The van der Waals surface area contributed by atoms with Crippen LogP contribution in [0, 0.1) is 0 Å². The molecule has 1 saturated heterocycles. The minimum Gasteiger partial charge on any atom is -0.486 e. The second kappa shape index (κ2) is 8.71. The first-order chi connectivity index (χ1) is 12.1. The van der Waals surface area contributed by atoms with E-state index in [-0.39, 0.29) is 5.91 Å². The SMILES string of the molecule is Cn1c(COc2ccc(Br)cc2)nnc1SCC(=O)N1CCCCC1. The Kier molecular flexibility index (Phi) is 6.36. The van der Waals surface area contributed by atoms with Crippen molar-refractivity contribution in [3.05, 3.63) is 34.6 Å². The van der Waals surface area contributed by atoms with Crippen molar-refractivity contribution in [2.45, 2.75) is 31.0 Å². The zero-order chi connectivity index (χ0) is 17.6. The third-order valence-electron chi connectivity index (χ3n) is 4.14. The third kappa shape index (κ3) is 4.98. The average Bonchev–Trinajstić information content (AvgIpc) is 3.00. The Labute approximate surface area is 160 Å². The predicted octanol–water partition coefficient (Wildman–Crippen LogP) is 3.26. The van der Waals surface area contributed by atoms with E-state index in [2.05, 4.69) is 26.1 Å². The van der Waals surface area contributed by atoms with Gasteiger partial charge in [-0.3, -0.25) is 4.79 Å². The van der Waals surface area contributed by atoms with Crippen LogP contribution in [0.5, 0.6) is 5.75 Å². The van der Waals surface area contributed by atoms with Crippen molar-refractivity contribution in [3.63, 3.8) is 0 Å². The number of halogens is 1. The van der Waals surface area contributed by atoms with Crippen LogP contribution in [0.4, 0.5) is 0 Å². The Morgan fingerprint density at radius 3 is 2.64 bits per heavy atom. The fraction of sp³-hybridized carbons (Fsp3) is 0.471. The summed E-state index contributed by atoms with van der Waals surface area (Å²) in [5.74, 6) is 2.09. The first-order valence-corrected chi connectivity index (χ1v) is 10.1. The van der Waals surface area contributed by atoms with Crippen molar-refractivity contribution in [2.24, 2.45) is 7.05 Å². The first kappa shape index (κ1) is 18.3. The van der Waals surface area contributed by atoms with E-state index in [1.54, 1.807) is 0 Å². The molecule has 0 saturated carbocycles. The summed E-state index contributed by atoms with van der Waals surface area (Å²) in [6.07, 6.45) is 3.44. The van der Waals surface area contributed by atoms with Gasteiger partial charge in [-0.1, -0.05) is 27.7 Å². The number of benzene rings is 1. The van der Waals surface area contributed by atoms with E-state index < -0.39 is 0 Å². The van der Waals surface area contributed by atoms with Crippen molar-refractivity contribution >= 4 is 33.6 Å². The molecule has 134 valence electrons. The van der Waals surface area contributed by atoms with E-state index in [0.717, 1.165) is 47.1 Å². The molecule has 6 nitrogen and oxygen atoms in total. The summed E-state index contributed by atoms with van der Waals surface area (Å²) >= 11 is 4.83. The van der Waals surface area contributed by atoms with Gasteiger partial charge in [0.25, 0.3) is 0 Å². The number of likely N-dealkylation sites (tertiary alicyclic amines) is 1. The van der Waals surface area contributed by atoms with Crippen LogP contribution in [0.2, 0.25) is 0 Å². The molecule has 1 fully saturated rings. The molecule has 3 rings (SSSR count). The van der Waals surface area contributed by atoms with Gasteiger partial charge in [0.15, 0.2) is 11.0 Å². The van der Waals surface area contributed by atoms with Crippen LogP contribution in [-0.4, -0.2) is 44.4 Å². The standard InChI is InChI=1S/C17H21BrN4O2S/c1-21-15(11-24-14-7-5-13(18)6-8-14)19-20-17(21)25-12-16(23)22-9-3-2-4-10-22/h5-8H,2-4,9-12H2,1H3.